The Labute approximate surface area is 178 Å². The number of aromatic nitrogens is 3. The summed E-state index contributed by atoms with van der Waals surface area (Å²) in [6.07, 6.45) is 0. The fourth-order valence-electron chi connectivity index (χ4n) is 3.16. The maximum absolute atomic E-state index is 12.5. The molecule has 0 amide bonds. The predicted molar refractivity (Wildman–Crippen MR) is 116 cm³/mol. The molecular weight excluding hydrogens is 402 g/mol. The van der Waals surface area contributed by atoms with Gasteiger partial charge < -0.3 is 13.9 Å². The van der Waals surface area contributed by atoms with E-state index in [2.05, 4.69) is 10.2 Å². The average molecular weight is 423 g/mol. The molecule has 0 fully saturated rings. The number of thioether (sulfide) groups is 1. The van der Waals surface area contributed by atoms with E-state index in [0.29, 0.717) is 40.2 Å². The smallest absolute Gasteiger partial charge is 0.200 e. The molecule has 0 aliphatic carbocycles. The van der Waals surface area contributed by atoms with Gasteiger partial charge in [-0.1, -0.05) is 23.9 Å². The lowest BCUT2D eigenvalue weighted by atomic mass is 10.1. The predicted octanol–water partition coefficient (Wildman–Crippen LogP) is 4.70. The monoisotopic (exact) mass is 423 g/mol. The molecule has 0 radical (unpaired) electrons. The van der Waals surface area contributed by atoms with Gasteiger partial charge in [0.2, 0.25) is 5.82 Å². The Morgan fingerprint density at radius 3 is 2.60 bits per heavy atom. The molecule has 2 heterocycles. The van der Waals surface area contributed by atoms with Crippen molar-refractivity contribution in [2.45, 2.75) is 18.6 Å². The zero-order chi connectivity index (χ0) is 21.1. The highest BCUT2D eigenvalue weighted by molar-refractivity contribution is 7.99. The highest BCUT2D eigenvalue weighted by Gasteiger charge is 2.19. The number of Topliss-reactive ketones (excluding diaryl/α,β-unsaturated/α-hetero) is 1. The lowest BCUT2D eigenvalue weighted by Crippen LogP contribution is -2.05. The van der Waals surface area contributed by atoms with E-state index >= 15 is 0 Å². The minimum Gasteiger partial charge on any atom is -0.497 e. The van der Waals surface area contributed by atoms with Gasteiger partial charge in [-0.25, -0.2) is 0 Å². The molecule has 0 saturated heterocycles. The van der Waals surface area contributed by atoms with E-state index in [0.717, 1.165) is 11.1 Å². The first-order chi connectivity index (χ1) is 14.6. The van der Waals surface area contributed by atoms with Gasteiger partial charge in [-0.05, 0) is 43.3 Å². The third kappa shape index (κ3) is 3.78. The van der Waals surface area contributed by atoms with Crippen molar-refractivity contribution in [3.8, 4) is 23.1 Å². The van der Waals surface area contributed by atoms with Crippen molar-refractivity contribution in [2.75, 3.05) is 20.0 Å². The Morgan fingerprint density at radius 1 is 1.10 bits per heavy atom. The Bertz CT molecular complexity index is 1180. The minimum absolute atomic E-state index is 0.0170. The number of carbonyl (C=O) groups excluding carboxylic acids is 1. The van der Waals surface area contributed by atoms with E-state index < -0.39 is 0 Å². The van der Waals surface area contributed by atoms with Crippen LogP contribution in [0.25, 0.3) is 22.6 Å². The van der Waals surface area contributed by atoms with Crippen molar-refractivity contribution in [3.05, 3.63) is 54.1 Å². The highest BCUT2D eigenvalue weighted by Crippen LogP contribution is 2.33. The largest absolute Gasteiger partial charge is 0.497 e. The number of para-hydroxylation sites is 1. The minimum atomic E-state index is 0.0170. The number of hydrogen-bond donors (Lipinski definition) is 0. The summed E-state index contributed by atoms with van der Waals surface area (Å²) in [5.74, 6) is 2.90. The van der Waals surface area contributed by atoms with E-state index in [-0.39, 0.29) is 11.5 Å². The molecule has 8 heteroatoms. The standard InChI is InChI=1S/C22H21N3O4S/c1-4-25-21(19-12-15-6-5-7-18(28-3)20(15)29-19)23-24-22(25)30-13-17(26)14-8-10-16(27-2)11-9-14/h5-12H,4,13H2,1-3H3. The van der Waals surface area contributed by atoms with Gasteiger partial charge in [-0.2, -0.15) is 0 Å². The van der Waals surface area contributed by atoms with Gasteiger partial charge >= 0.3 is 0 Å². The number of furan rings is 1. The molecule has 154 valence electrons. The van der Waals surface area contributed by atoms with Crippen LogP contribution in [0.5, 0.6) is 11.5 Å². The van der Waals surface area contributed by atoms with E-state index in [1.807, 2.05) is 35.8 Å². The van der Waals surface area contributed by atoms with Crippen molar-refractivity contribution in [1.82, 2.24) is 14.8 Å². The number of benzene rings is 2. The van der Waals surface area contributed by atoms with Crippen LogP contribution in [0.4, 0.5) is 0 Å². The summed E-state index contributed by atoms with van der Waals surface area (Å²) >= 11 is 1.36. The molecule has 7 nitrogen and oxygen atoms in total. The Kier molecular flexibility index (Phi) is 5.76. The van der Waals surface area contributed by atoms with Crippen LogP contribution in [0.3, 0.4) is 0 Å². The van der Waals surface area contributed by atoms with Crippen LogP contribution < -0.4 is 9.47 Å². The Balaban J connectivity index is 1.56. The van der Waals surface area contributed by atoms with Crippen LogP contribution in [0.1, 0.15) is 17.3 Å². The molecule has 0 unspecified atom stereocenters. The van der Waals surface area contributed by atoms with Gasteiger partial charge in [-0.15, -0.1) is 10.2 Å². The summed E-state index contributed by atoms with van der Waals surface area (Å²) in [6, 6.07) is 14.7. The summed E-state index contributed by atoms with van der Waals surface area (Å²) in [4.78, 5) is 12.5. The molecule has 0 bridgehead atoms. The summed E-state index contributed by atoms with van der Waals surface area (Å²) in [5.41, 5.74) is 1.31. The number of ketones is 1. The van der Waals surface area contributed by atoms with Gasteiger partial charge in [0.05, 0.1) is 20.0 Å². The second kappa shape index (κ2) is 8.62. The number of hydrogen-bond acceptors (Lipinski definition) is 7. The van der Waals surface area contributed by atoms with E-state index in [1.54, 1.807) is 38.5 Å². The van der Waals surface area contributed by atoms with Crippen LogP contribution in [0.2, 0.25) is 0 Å². The van der Waals surface area contributed by atoms with Crippen LogP contribution in [0, 0.1) is 0 Å². The molecule has 0 saturated carbocycles. The van der Waals surface area contributed by atoms with Gasteiger partial charge in [0.25, 0.3) is 0 Å². The first-order valence-corrected chi connectivity index (χ1v) is 10.4. The second-order valence-electron chi connectivity index (χ2n) is 6.48. The molecule has 30 heavy (non-hydrogen) atoms. The fraction of sp³-hybridized carbons (Fsp3) is 0.227. The zero-order valence-electron chi connectivity index (χ0n) is 16.9. The summed E-state index contributed by atoms with van der Waals surface area (Å²) in [6.45, 7) is 2.65. The van der Waals surface area contributed by atoms with Crippen molar-refractivity contribution < 1.29 is 18.7 Å². The highest BCUT2D eigenvalue weighted by atomic mass is 32.2. The SMILES string of the molecule is CCn1c(SCC(=O)c2ccc(OC)cc2)nnc1-c1cc2cccc(OC)c2o1. The van der Waals surface area contributed by atoms with Crippen molar-refractivity contribution in [1.29, 1.82) is 0 Å². The third-order valence-electron chi connectivity index (χ3n) is 4.73. The summed E-state index contributed by atoms with van der Waals surface area (Å²) in [5, 5.41) is 10.2. The van der Waals surface area contributed by atoms with E-state index in [4.69, 9.17) is 13.9 Å². The van der Waals surface area contributed by atoms with Crippen LogP contribution in [-0.2, 0) is 6.54 Å². The lowest BCUT2D eigenvalue weighted by molar-refractivity contribution is 0.102. The molecule has 0 N–H and O–H groups in total. The second-order valence-corrected chi connectivity index (χ2v) is 7.42. The molecule has 0 spiro atoms. The number of ether oxygens (including phenoxy) is 2. The molecule has 0 atom stereocenters. The maximum atomic E-state index is 12.5. The average Bonchev–Trinajstić information content (AvgIpc) is 3.40. The van der Waals surface area contributed by atoms with Crippen LogP contribution >= 0.6 is 11.8 Å². The third-order valence-corrected chi connectivity index (χ3v) is 5.69. The molecule has 4 aromatic rings. The maximum Gasteiger partial charge on any atom is 0.200 e. The normalized spacial score (nSPS) is 11.0. The van der Waals surface area contributed by atoms with Crippen molar-refractivity contribution in [3.63, 3.8) is 0 Å². The van der Waals surface area contributed by atoms with Gasteiger partial charge in [0, 0.05) is 17.5 Å². The number of methoxy groups -OCH3 is 2. The summed E-state index contributed by atoms with van der Waals surface area (Å²) < 4.78 is 18.5. The number of rotatable bonds is 8. The van der Waals surface area contributed by atoms with E-state index in [9.17, 15) is 4.79 Å². The fourth-order valence-corrected chi connectivity index (χ4v) is 4.06. The van der Waals surface area contributed by atoms with E-state index in [1.165, 1.54) is 11.8 Å². The summed E-state index contributed by atoms with van der Waals surface area (Å²) in [7, 11) is 3.21. The molecule has 0 aliphatic rings. The quantitative estimate of drug-likeness (QED) is 0.300. The zero-order valence-corrected chi connectivity index (χ0v) is 17.7. The molecule has 4 rings (SSSR count). The molecular formula is C22H21N3O4S. The van der Waals surface area contributed by atoms with Gasteiger partial charge in [0.1, 0.15) is 5.75 Å². The Hall–Kier alpha value is -3.26. The first-order valence-electron chi connectivity index (χ1n) is 9.44. The molecule has 0 aliphatic heterocycles. The van der Waals surface area contributed by atoms with Gasteiger partial charge in [0.15, 0.2) is 28.0 Å². The number of carbonyl (C=O) groups is 1. The molecule has 2 aromatic heterocycles. The van der Waals surface area contributed by atoms with Crippen LogP contribution in [0.15, 0.2) is 58.1 Å². The van der Waals surface area contributed by atoms with Crippen LogP contribution in [-0.4, -0.2) is 40.5 Å². The van der Waals surface area contributed by atoms with Crippen molar-refractivity contribution >= 4 is 28.5 Å². The Morgan fingerprint density at radius 2 is 1.90 bits per heavy atom. The molecule has 2 aromatic carbocycles. The number of fused-ring (bicyclic) bond motifs is 1. The number of nitrogens with zero attached hydrogens (tertiary/aromatic N) is 3. The van der Waals surface area contributed by atoms with Gasteiger partial charge in [-0.3, -0.25) is 9.36 Å². The topological polar surface area (TPSA) is 79.4 Å². The first kappa shape index (κ1) is 20.0. The van der Waals surface area contributed by atoms with Crippen molar-refractivity contribution in [2.24, 2.45) is 0 Å². The lowest BCUT2D eigenvalue weighted by Gasteiger charge is -2.06.